The second-order valence-electron chi connectivity index (χ2n) is 5.03. The molecule has 0 aliphatic rings. The molecule has 0 unspecified atom stereocenters. The van der Waals surface area contributed by atoms with Crippen LogP contribution in [0.2, 0.25) is 0 Å². The molecule has 3 nitrogen and oxygen atoms in total. The number of hydrogen-bond acceptors (Lipinski definition) is 2. The lowest BCUT2D eigenvalue weighted by molar-refractivity contribution is 0.0653. The number of aliphatic hydroxyl groups excluding tert-OH is 2. The van der Waals surface area contributed by atoms with Crippen molar-refractivity contribution in [1.29, 1.82) is 0 Å². The topological polar surface area (TPSA) is 45.4 Å². The molecule has 4 heteroatoms. The van der Waals surface area contributed by atoms with Gasteiger partial charge in [-0.2, -0.15) is 0 Å². The fraction of sp³-hybridized carbons (Fsp3) is 0.176. The SMILES string of the molecule is OC[C@@H](O)[C@H](c1cccc(F)c1)n1ccc2ccccc21. The highest BCUT2D eigenvalue weighted by molar-refractivity contribution is 5.80. The average Bonchev–Trinajstić information content (AvgIpc) is 2.91. The van der Waals surface area contributed by atoms with E-state index in [1.165, 1.54) is 12.1 Å². The van der Waals surface area contributed by atoms with Crippen molar-refractivity contribution in [3.63, 3.8) is 0 Å². The first-order chi connectivity index (χ1) is 10.2. The van der Waals surface area contributed by atoms with Crippen molar-refractivity contribution in [3.05, 3.63) is 72.2 Å². The van der Waals surface area contributed by atoms with Gasteiger partial charge in [0.05, 0.1) is 12.6 Å². The molecule has 2 N–H and O–H groups in total. The summed E-state index contributed by atoms with van der Waals surface area (Å²) in [5, 5.41) is 20.6. The molecule has 0 spiro atoms. The van der Waals surface area contributed by atoms with E-state index in [1.54, 1.807) is 12.1 Å². The second-order valence-corrected chi connectivity index (χ2v) is 5.03. The van der Waals surface area contributed by atoms with Gasteiger partial charge in [0, 0.05) is 11.7 Å². The smallest absolute Gasteiger partial charge is 0.123 e. The molecule has 2 atom stereocenters. The number of rotatable bonds is 4. The van der Waals surface area contributed by atoms with Gasteiger partial charge in [-0.3, -0.25) is 0 Å². The van der Waals surface area contributed by atoms with Crippen LogP contribution in [0.25, 0.3) is 10.9 Å². The lowest BCUT2D eigenvalue weighted by atomic mass is 10.0. The highest BCUT2D eigenvalue weighted by atomic mass is 19.1. The third-order valence-corrected chi connectivity index (χ3v) is 3.67. The van der Waals surface area contributed by atoms with Crippen LogP contribution in [0.15, 0.2) is 60.8 Å². The fourth-order valence-corrected chi connectivity index (χ4v) is 2.71. The predicted octanol–water partition coefficient (Wildman–Crippen LogP) is 2.72. The van der Waals surface area contributed by atoms with Gasteiger partial charge in [-0.1, -0.05) is 30.3 Å². The molecule has 0 saturated heterocycles. The van der Waals surface area contributed by atoms with Crippen LogP contribution in [0.5, 0.6) is 0 Å². The van der Waals surface area contributed by atoms with E-state index < -0.39 is 18.8 Å². The van der Waals surface area contributed by atoms with Crippen molar-refractivity contribution in [3.8, 4) is 0 Å². The minimum Gasteiger partial charge on any atom is -0.394 e. The largest absolute Gasteiger partial charge is 0.394 e. The van der Waals surface area contributed by atoms with E-state index in [-0.39, 0.29) is 5.82 Å². The van der Waals surface area contributed by atoms with Crippen molar-refractivity contribution < 1.29 is 14.6 Å². The molecule has 2 aromatic carbocycles. The molecule has 0 radical (unpaired) electrons. The van der Waals surface area contributed by atoms with Gasteiger partial charge in [0.15, 0.2) is 0 Å². The Morgan fingerprint density at radius 1 is 1.05 bits per heavy atom. The van der Waals surface area contributed by atoms with E-state index in [0.717, 1.165) is 10.9 Å². The quantitative estimate of drug-likeness (QED) is 0.774. The third kappa shape index (κ3) is 2.55. The molecule has 3 rings (SSSR count). The minimum atomic E-state index is -1.01. The lowest BCUT2D eigenvalue weighted by Gasteiger charge is -2.25. The zero-order valence-electron chi connectivity index (χ0n) is 11.4. The van der Waals surface area contributed by atoms with Gasteiger partial charge in [0.25, 0.3) is 0 Å². The molecule has 3 aromatic rings. The Kier molecular flexibility index (Phi) is 3.73. The monoisotopic (exact) mass is 285 g/mol. The Morgan fingerprint density at radius 3 is 2.62 bits per heavy atom. The molecular formula is C17H16FNO2. The maximum absolute atomic E-state index is 13.5. The molecule has 21 heavy (non-hydrogen) atoms. The minimum absolute atomic E-state index is 0.362. The van der Waals surface area contributed by atoms with Crippen LogP contribution in [0.1, 0.15) is 11.6 Å². The number of nitrogens with zero attached hydrogens (tertiary/aromatic N) is 1. The van der Waals surface area contributed by atoms with E-state index >= 15 is 0 Å². The van der Waals surface area contributed by atoms with Crippen molar-refractivity contribution in [1.82, 2.24) is 4.57 Å². The Labute approximate surface area is 121 Å². The predicted molar refractivity (Wildman–Crippen MR) is 79.6 cm³/mol. The number of halogens is 1. The van der Waals surface area contributed by atoms with E-state index in [2.05, 4.69) is 0 Å². The molecule has 0 fully saturated rings. The third-order valence-electron chi connectivity index (χ3n) is 3.67. The standard InChI is InChI=1S/C17H16FNO2/c18-14-6-3-5-13(10-14)17(16(21)11-20)19-9-8-12-4-1-2-7-15(12)19/h1-10,16-17,20-21H,11H2/t16-,17+/m1/s1. The van der Waals surface area contributed by atoms with Crippen molar-refractivity contribution in [2.45, 2.75) is 12.1 Å². The van der Waals surface area contributed by atoms with Crippen LogP contribution < -0.4 is 0 Å². The van der Waals surface area contributed by atoms with Crippen LogP contribution >= 0.6 is 0 Å². The summed E-state index contributed by atoms with van der Waals surface area (Å²) >= 11 is 0. The van der Waals surface area contributed by atoms with Gasteiger partial charge in [0.1, 0.15) is 11.9 Å². The molecule has 1 aromatic heterocycles. The average molecular weight is 285 g/mol. The summed E-state index contributed by atoms with van der Waals surface area (Å²) in [4.78, 5) is 0. The van der Waals surface area contributed by atoms with E-state index in [0.29, 0.717) is 5.56 Å². The normalized spacial score (nSPS) is 14.2. The van der Waals surface area contributed by atoms with Gasteiger partial charge in [-0.05, 0) is 35.2 Å². The molecular weight excluding hydrogens is 269 g/mol. The first kappa shape index (κ1) is 13.8. The first-order valence-corrected chi connectivity index (χ1v) is 6.80. The van der Waals surface area contributed by atoms with Crippen molar-refractivity contribution in [2.75, 3.05) is 6.61 Å². The van der Waals surface area contributed by atoms with Crippen molar-refractivity contribution >= 4 is 10.9 Å². The summed E-state index contributed by atoms with van der Waals surface area (Å²) in [5.74, 6) is -0.362. The van der Waals surface area contributed by atoms with Crippen LogP contribution in [0.3, 0.4) is 0 Å². The number of fused-ring (bicyclic) bond motifs is 1. The molecule has 0 bridgehead atoms. The maximum atomic E-state index is 13.5. The highest BCUT2D eigenvalue weighted by Gasteiger charge is 2.23. The zero-order chi connectivity index (χ0) is 14.8. The zero-order valence-corrected chi connectivity index (χ0v) is 11.4. The highest BCUT2D eigenvalue weighted by Crippen LogP contribution is 2.28. The number of benzene rings is 2. The summed E-state index contributed by atoms with van der Waals surface area (Å²) in [6.07, 6.45) is 0.835. The Bertz CT molecular complexity index is 753. The van der Waals surface area contributed by atoms with Gasteiger partial charge in [0.2, 0.25) is 0 Å². The van der Waals surface area contributed by atoms with Gasteiger partial charge in [-0.15, -0.1) is 0 Å². The van der Waals surface area contributed by atoms with E-state index in [1.807, 2.05) is 41.1 Å². The number of para-hydroxylation sites is 1. The molecule has 0 aliphatic carbocycles. The van der Waals surface area contributed by atoms with Gasteiger partial charge in [-0.25, -0.2) is 4.39 Å². The Hall–Kier alpha value is -2.17. The molecule has 1 heterocycles. The van der Waals surface area contributed by atoms with Gasteiger partial charge >= 0.3 is 0 Å². The lowest BCUT2D eigenvalue weighted by Crippen LogP contribution is -2.28. The van der Waals surface area contributed by atoms with E-state index in [4.69, 9.17) is 0 Å². The van der Waals surface area contributed by atoms with E-state index in [9.17, 15) is 14.6 Å². The number of hydrogen-bond donors (Lipinski definition) is 2. The molecule has 0 aliphatic heterocycles. The van der Waals surface area contributed by atoms with Crippen molar-refractivity contribution in [2.24, 2.45) is 0 Å². The van der Waals surface area contributed by atoms with Crippen LogP contribution in [0, 0.1) is 5.82 Å². The molecule has 0 amide bonds. The van der Waals surface area contributed by atoms with Gasteiger partial charge < -0.3 is 14.8 Å². The number of aromatic nitrogens is 1. The van der Waals surface area contributed by atoms with Crippen LogP contribution in [-0.2, 0) is 0 Å². The summed E-state index contributed by atoms with van der Waals surface area (Å²) in [5.41, 5.74) is 1.55. The fourth-order valence-electron chi connectivity index (χ4n) is 2.71. The van der Waals surface area contributed by atoms with Crippen LogP contribution in [0.4, 0.5) is 4.39 Å². The summed E-state index contributed by atoms with van der Waals surface area (Å²) in [6.45, 7) is -0.395. The second kappa shape index (κ2) is 5.68. The van der Waals surface area contributed by atoms with Crippen LogP contribution in [-0.4, -0.2) is 27.5 Å². The summed E-state index contributed by atoms with van der Waals surface area (Å²) < 4.78 is 15.4. The number of aliphatic hydroxyl groups is 2. The first-order valence-electron chi connectivity index (χ1n) is 6.80. The maximum Gasteiger partial charge on any atom is 0.123 e. The summed E-state index contributed by atoms with van der Waals surface area (Å²) in [6, 6.07) is 15.3. The Balaban J connectivity index is 2.16. The Morgan fingerprint density at radius 2 is 1.86 bits per heavy atom. The molecule has 108 valence electrons. The summed E-state index contributed by atoms with van der Waals surface area (Å²) in [7, 11) is 0. The molecule has 0 saturated carbocycles.